The summed E-state index contributed by atoms with van der Waals surface area (Å²) in [5.41, 5.74) is 6.11. The van der Waals surface area contributed by atoms with Crippen LogP contribution in [0.25, 0.3) is 0 Å². The fourth-order valence-corrected chi connectivity index (χ4v) is 1.92. The van der Waals surface area contributed by atoms with Crippen LogP contribution in [0.4, 0.5) is 0 Å². The number of hydrogen-bond donors (Lipinski definition) is 2. The molecule has 2 rings (SSSR count). The molecule has 5 nitrogen and oxygen atoms in total. The van der Waals surface area contributed by atoms with Gasteiger partial charge in [0.15, 0.2) is 0 Å². The predicted octanol–water partition coefficient (Wildman–Crippen LogP) is 0.826. The molecule has 0 saturated heterocycles. The first-order valence-electron chi connectivity index (χ1n) is 5.43. The maximum Gasteiger partial charge on any atom is 0.264 e. The zero-order valence-corrected chi connectivity index (χ0v) is 10.4. The van der Waals surface area contributed by atoms with E-state index in [0.717, 1.165) is 0 Å². The number of carbonyl (C=O) groups is 2. The Balaban J connectivity index is 2.36. The van der Waals surface area contributed by atoms with Crippen molar-refractivity contribution in [1.82, 2.24) is 5.32 Å². The number of nitrogens with zero attached hydrogens (tertiary/aromatic N) is 1. The van der Waals surface area contributed by atoms with Crippen LogP contribution in [0.5, 0.6) is 0 Å². The average Bonchev–Trinajstić information content (AvgIpc) is 2.27. The molecule has 2 amide bonds. The van der Waals surface area contributed by atoms with Crippen LogP contribution in [-0.2, 0) is 9.59 Å². The predicted molar refractivity (Wildman–Crippen MR) is 68.4 cm³/mol. The van der Waals surface area contributed by atoms with Crippen LogP contribution in [0.2, 0.25) is 5.02 Å². The van der Waals surface area contributed by atoms with E-state index in [0.29, 0.717) is 10.6 Å². The van der Waals surface area contributed by atoms with Crippen molar-refractivity contribution in [2.45, 2.75) is 18.9 Å². The Kier molecular flexibility index (Phi) is 3.45. The number of amides is 2. The molecule has 1 aromatic carbocycles. The molecule has 1 aliphatic rings. The van der Waals surface area contributed by atoms with Gasteiger partial charge >= 0.3 is 0 Å². The molecule has 0 bridgehead atoms. The number of carbonyl (C=O) groups excluding carboxylic acids is 2. The quantitative estimate of drug-likeness (QED) is 0.777. The Morgan fingerprint density at radius 3 is 2.72 bits per heavy atom. The van der Waals surface area contributed by atoms with Crippen molar-refractivity contribution in [3.8, 4) is 0 Å². The van der Waals surface area contributed by atoms with Gasteiger partial charge in [0, 0.05) is 5.02 Å². The van der Waals surface area contributed by atoms with Gasteiger partial charge in [-0.3, -0.25) is 9.59 Å². The molecular weight excluding hydrogens is 254 g/mol. The minimum Gasteiger partial charge on any atom is -0.322 e. The number of rotatable bonds is 2. The lowest BCUT2D eigenvalue weighted by molar-refractivity contribution is -0.129. The first-order valence-corrected chi connectivity index (χ1v) is 5.81. The molecule has 0 saturated carbocycles. The monoisotopic (exact) mass is 265 g/mol. The van der Waals surface area contributed by atoms with Crippen LogP contribution in [0.15, 0.2) is 29.3 Å². The number of hydrogen-bond acceptors (Lipinski definition) is 3. The molecule has 2 atom stereocenters. The van der Waals surface area contributed by atoms with Gasteiger partial charge in [-0.2, -0.15) is 4.99 Å². The van der Waals surface area contributed by atoms with E-state index in [1.165, 1.54) is 0 Å². The van der Waals surface area contributed by atoms with Crippen molar-refractivity contribution in [2.24, 2.45) is 10.7 Å². The van der Waals surface area contributed by atoms with E-state index >= 15 is 0 Å². The van der Waals surface area contributed by atoms with Crippen molar-refractivity contribution in [3.05, 3.63) is 34.9 Å². The van der Waals surface area contributed by atoms with Crippen LogP contribution in [-0.4, -0.2) is 23.7 Å². The molecule has 2 unspecified atom stereocenters. The van der Waals surface area contributed by atoms with Crippen LogP contribution in [0.1, 0.15) is 18.4 Å². The van der Waals surface area contributed by atoms with Crippen LogP contribution in [0, 0.1) is 0 Å². The maximum absolute atomic E-state index is 11.9. The van der Waals surface area contributed by atoms with E-state index in [1.54, 1.807) is 31.2 Å². The van der Waals surface area contributed by atoms with Gasteiger partial charge in [0.1, 0.15) is 11.8 Å². The summed E-state index contributed by atoms with van der Waals surface area (Å²) in [6, 6.07) is 6.12. The summed E-state index contributed by atoms with van der Waals surface area (Å²) in [7, 11) is 0. The number of aliphatic imine (C=N–C) groups is 1. The van der Waals surface area contributed by atoms with Gasteiger partial charge in [0.25, 0.3) is 5.91 Å². The highest BCUT2D eigenvalue weighted by Crippen LogP contribution is 2.23. The topological polar surface area (TPSA) is 84.5 Å². The first-order chi connectivity index (χ1) is 8.49. The third-order valence-electron chi connectivity index (χ3n) is 2.60. The van der Waals surface area contributed by atoms with Gasteiger partial charge in [-0.15, -0.1) is 0 Å². The summed E-state index contributed by atoms with van der Waals surface area (Å²) in [5.74, 6) is -1.70. The lowest BCUT2D eigenvalue weighted by Gasteiger charge is -2.22. The summed E-state index contributed by atoms with van der Waals surface area (Å²) >= 11 is 5.84. The Morgan fingerprint density at radius 1 is 1.44 bits per heavy atom. The molecule has 0 aromatic heterocycles. The lowest BCUT2D eigenvalue weighted by Crippen LogP contribution is -2.49. The standard InChI is InChI=1S/C12H12ClN3O2/c1-6(14)10-15-11(17)9(12(18)16-10)7-3-2-4-8(13)5-7/h2-6,9H,14H2,1H3,(H,15,16,17,18). The van der Waals surface area contributed by atoms with E-state index < -0.39 is 23.8 Å². The molecule has 0 aliphatic carbocycles. The summed E-state index contributed by atoms with van der Waals surface area (Å²) < 4.78 is 0. The molecule has 94 valence electrons. The molecule has 1 aromatic rings. The average molecular weight is 266 g/mol. The van der Waals surface area contributed by atoms with Crippen molar-refractivity contribution in [1.29, 1.82) is 0 Å². The lowest BCUT2D eigenvalue weighted by atomic mass is 9.96. The molecule has 0 radical (unpaired) electrons. The summed E-state index contributed by atoms with van der Waals surface area (Å²) in [4.78, 5) is 27.6. The fourth-order valence-electron chi connectivity index (χ4n) is 1.72. The number of halogens is 1. The van der Waals surface area contributed by atoms with Crippen molar-refractivity contribution < 1.29 is 9.59 Å². The second-order valence-electron chi connectivity index (χ2n) is 4.10. The summed E-state index contributed by atoms with van der Waals surface area (Å²) in [6.45, 7) is 1.64. The van der Waals surface area contributed by atoms with Crippen molar-refractivity contribution in [2.75, 3.05) is 0 Å². The molecular formula is C12H12ClN3O2. The molecule has 3 N–H and O–H groups in total. The van der Waals surface area contributed by atoms with Gasteiger partial charge < -0.3 is 11.1 Å². The highest BCUT2D eigenvalue weighted by Gasteiger charge is 2.34. The van der Waals surface area contributed by atoms with E-state index in [4.69, 9.17) is 17.3 Å². The van der Waals surface area contributed by atoms with Gasteiger partial charge in [-0.05, 0) is 24.6 Å². The van der Waals surface area contributed by atoms with E-state index in [1.807, 2.05) is 0 Å². The Hall–Kier alpha value is -1.72. The maximum atomic E-state index is 11.9. The number of amidine groups is 1. The molecule has 18 heavy (non-hydrogen) atoms. The van der Waals surface area contributed by atoms with E-state index in [2.05, 4.69) is 10.3 Å². The van der Waals surface area contributed by atoms with E-state index in [9.17, 15) is 9.59 Å². The van der Waals surface area contributed by atoms with Crippen LogP contribution >= 0.6 is 11.6 Å². The molecule has 0 spiro atoms. The summed E-state index contributed by atoms with van der Waals surface area (Å²) in [6.07, 6.45) is 0. The first kappa shape index (κ1) is 12.7. The second kappa shape index (κ2) is 4.88. The van der Waals surface area contributed by atoms with E-state index in [-0.39, 0.29) is 5.84 Å². The summed E-state index contributed by atoms with van der Waals surface area (Å²) in [5, 5.41) is 3.00. The zero-order valence-electron chi connectivity index (χ0n) is 9.68. The van der Waals surface area contributed by atoms with Gasteiger partial charge in [0.2, 0.25) is 5.91 Å². The normalized spacial score (nSPS) is 21.3. The minimum absolute atomic E-state index is 0.197. The van der Waals surface area contributed by atoms with Crippen LogP contribution < -0.4 is 11.1 Å². The SMILES string of the molecule is CC(N)C1=NC(=O)C(c2cccc(Cl)c2)C(=O)N1. The molecule has 1 heterocycles. The van der Waals surface area contributed by atoms with Gasteiger partial charge in [-0.25, -0.2) is 0 Å². The van der Waals surface area contributed by atoms with Gasteiger partial charge in [0.05, 0.1) is 6.04 Å². The molecule has 0 fully saturated rings. The highest BCUT2D eigenvalue weighted by molar-refractivity contribution is 6.30. The fraction of sp³-hybridized carbons (Fsp3) is 0.250. The Morgan fingerprint density at radius 2 is 2.17 bits per heavy atom. The largest absolute Gasteiger partial charge is 0.322 e. The Labute approximate surface area is 109 Å². The number of nitrogens with two attached hydrogens (primary N) is 1. The minimum atomic E-state index is -0.953. The van der Waals surface area contributed by atoms with Crippen molar-refractivity contribution in [3.63, 3.8) is 0 Å². The Bertz CT molecular complexity index is 540. The molecule has 6 heteroatoms. The zero-order chi connectivity index (χ0) is 13.3. The molecule has 1 aliphatic heterocycles. The second-order valence-corrected chi connectivity index (χ2v) is 4.54. The third-order valence-corrected chi connectivity index (χ3v) is 2.84. The van der Waals surface area contributed by atoms with Gasteiger partial charge in [-0.1, -0.05) is 23.7 Å². The smallest absolute Gasteiger partial charge is 0.264 e. The van der Waals surface area contributed by atoms with Crippen molar-refractivity contribution >= 4 is 29.3 Å². The number of nitrogens with one attached hydrogen (secondary N) is 1. The third kappa shape index (κ3) is 2.42. The number of benzene rings is 1. The highest BCUT2D eigenvalue weighted by atomic mass is 35.5. The van der Waals surface area contributed by atoms with Crippen LogP contribution in [0.3, 0.4) is 0 Å².